The third-order valence-corrected chi connectivity index (χ3v) is 3.55. The normalized spacial score (nSPS) is 11.5. The van der Waals surface area contributed by atoms with E-state index in [-0.39, 0.29) is 17.4 Å². The lowest BCUT2D eigenvalue weighted by Gasteiger charge is -2.08. The summed E-state index contributed by atoms with van der Waals surface area (Å²) in [7, 11) is 0. The SMILES string of the molecule is CC(C)OCCCNC(=O)/C(C#N)=C/c1cccc2[nH]nc(C(=O)O)c12. The Hall–Kier alpha value is -3.18. The molecular formula is C18H20N4O4. The number of carbonyl (C=O) groups is 2. The predicted molar refractivity (Wildman–Crippen MR) is 95.4 cm³/mol. The number of rotatable bonds is 8. The first-order valence-corrected chi connectivity index (χ1v) is 8.16. The Morgan fingerprint density at radius 2 is 2.23 bits per heavy atom. The molecule has 26 heavy (non-hydrogen) atoms. The van der Waals surface area contributed by atoms with Gasteiger partial charge in [-0.25, -0.2) is 4.79 Å². The molecule has 136 valence electrons. The topological polar surface area (TPSA) is 128 Å². The van der Waals surface area contributed by atoms with Gasteiger partial charge in [0.05, 0.1) is 11.6 Å². The highest BCUT2D eigenvalue weighted by atomic mass is 16.5. The molecule has 2 rings (SSSR count). The average molecular weight is 356 g/mol. The lowest BCUT2D eigenvalue weighted by atomic mass is 10.0. The van der Waals surface area contributed by atoms with Crippen molar-refractivity contribution in [3.63, 3.8) is 0 Å². The quantitative estimate of drug-likeness (QED) is 0.377. The van der Waals surface area contributed by atoms with Crippen molar-refractivity contribution in [3.8, 4) is 6.07 Å². The number of ether oxygens (including phenoxy) is 1. The fourth-order valence-corrected chi connectivity index (χ4v) is 2.37. The van der Waals surface area contributed by atoms with E-state index in [1.807, 2.05) is 19.9 Å². The Balaban J connectivity index is 2.17. The number of nitriles is 1. The molecule has 0 aliphatic heterocycles. The summed E-state index contributed by atoms with van der Waals surface area (Å²) in [6.45, 7) is 4.74. The van der Waals surface area contributed by atoms with Gasteiger partial charge in [0, 0.05) is 18.5 Å². The van der Waals surface area contributed by atoms with Crippen molar-refractivity contribution in [2.45, 2.75) is 26.4 Å². The Morgan fingerprint density at radius 3 is 2.88 bits per heavy atom. The monoisotopic (exact) mass is 356 g/mol. The van der Waals surface area contributed by atoms with Gasteiger partial charge >= 0.3 is 5.97 Å². The van der Waals surface area contributed by atoms with E-state index >= 15 is 0 Å². The second kappa shape index (κ2) is 8.78. The van der Waals surface area contributed by atoms with Crippen molar-refractivity contribution >= 4 is 28.9 Å². The van der Waals surface area contributed by atoms with Gasteiger partial charge in [-0.3, -0.25) is 9.89 Å². The van der Waals surface area contributed by atoms with Crippen molar-refractivity contribution < 1.29 is 19.4 Å². The molecule has 1 aromatic heterocycles. The molecular weight excluding hydrogens is 336 g/mol. The first kappa shape index (κ1) is 19.1. The maximum Gasteiger partial charge on any atom is 0.357 e. The number of carboxylic acids is 1. The highest BCUT2D eigenvalue weighted by molar-refractivity contribution is 6.08. The number of carboxylic acid groups (broad SMARTS) is 1. The van der Waals surface area contributed by atoms with Crippen LogP contribution < -0.4 is 5.32 Å². The number of benzene rings is 1. The van der Waals surface area contributed by atoms with Crippen LogP contribution in [0.1, 0.15) is 36.3 Å². The van der Waals surface area contributed by atoms with Crippen LogP contribution in [0, 0.1) is 11.3 Å². The first-order chi connectivity index (χ1) is 12.4. The molecule has 1 heterocycles. The Kier molecular flexibility index (Phi) is 6.47. The van der Waals surface area contributed by atoms with E-state index in [9.17, 15) is 20.0 Å². The number of aromatic nitrogens is 2. The zero-order valence-corrected chi connectivity index (χ0v) is 14.6. The molecule has 0 fully saturated rings. The van der Waals surface area contributed by atoms with Gasteiger partial charge in [-0.2, -0.15) is 10.4 Å². The molecule has 3 N–H and O–H groups in total. The van der Waals surface area contributed by atoms with E-state index < -0.39 is 11.9 Å². The van der Waals surface area contributed by atoms with Crippen LogP contribution >= 0.6 is 0 Å². The molecule has 0 saturated heterocycles. The molecule has 0 spiro atoms. The van der Waals surface area contributed by atoms with E-state index in [0.717, 1.165) is 0 Å². The number of H-pyrrole nitrogens is 1. The van der Waals surface area contributed by atoms with Gasteiger partial charge in [-0.1, -0.05) is 12.1 Å². The van der Waals surface area contributed by atoms with Crippen LogP contribution in [-0.2, 0) is 9.53 Å². The number of amides is 1. The number of carbonyl (C=O) groups excluding carboxylic acids is 1. The van der Waals surface area contributed by atoms with Crippen LogP contribution in [0.3, 0.4) is 0 Å². The molecule has 2 aromatic rings. The van der Waals surface area contributed by atoms with Crippen molar-refractivity contribution in [2.75, 3.05) is 13.2 Å². The molecule has 0 aliphatic rings. The first-order valence-electron chi connectivity index (χ1n) is 8.16. The summed E-state index contributed by atoms with van der Waals surface area (Å²) in [6, 6.07) is 6.85. The molecule has 0 saturated carbocycles. The number of fused-ring (bicyclic) bond motifs is 1. The number of aromatic amines is 1. The predicted octanol–water partition coefficient (Wildman–Crippen LogP) is 2.10. The van der Waals surface area contributed by atoms with Crippen molar-refractivity contribution in [1.29, 1.82) is 5.26 Å². The Bertz CT molecular complexity index is 877. The highest BCUT2D eigenvalue weighted by Crippen LogP contribution is 2.23. The summed E-state index contributed by atoms with van der Waals surface area (Å²) >= 11 is 0. The minimum Gasteiger partial charge on any atom is -0.476 e. The van der Waals surface area contributed by atoms with Gasteiger partial charge in [0.1, 0.15) is 11.6 Å². The summed E-state index contributed by atoms with van der Waals surface area (Å²) in [4.78, 5) is 23.5. The maximum absolute atomic E-state index is 12.2. The number of hydrogen-bond acceptors (Lipinski definition) is 5. The average Bonchev–Trinajstić information content (AvgIpc) is 3.04. The third-order valence-electron chi connectivity index (χ3n) is 3.55. The standard InChI is InChI=1S/C18H20N4O4/c1-11(2)26-8-4-7-20-17(23)13(10-19)9-12-5-3-6-14-15(12)16(18(24)25)22-21-14/h3,5-6,9,11H,4,7-8H2,1-2H3,(H,20,23)(H,21,22)(H,24,25)/b13-9+. The van der Waals surface area contributed by atoms with Crippen LogP contribution in [0.5, 0.6) is 0 Å². The number of aromatic carboxylic acids is 1. The summed E-state index contributed by atoms with van der Waals surface area (Å²) in [5, 5.41) is 27.9. The summed E-state index contributed by atoms with van der Waals surface area (Å²) in [6.07, 6.45) is 2.12. The van der Waals surface area contributed by atoms with Crippen LogP contribution in [0.25, 0.3) is 17.0 Å². The van der Waals surface area contributed by atoms with Crippen LogP contribution in [0.2, 0.25) is 0 Å². The van der Waals surface area contributed by atoms with Gasteiger partial charge in [-0.05, 0) is 38.0 Å². The number of hydrogen-bond donors (Lipinski definition) is 3. The minimum absolute atomic E-state index is 0.111. The second-order valence-corrected chi connectivity index (χ2v) is 5.85. The Labute approximate surface area is 150 Å². The molecule has 0 aliphatic carbocycles. The minimum atomic E-state index is -1.19. The number of nitrogens with zero attached hydrogens (tertiary/aromatic N) is 2. The third kappa shape index (κ3) is 4.68. The van der Waals surface area contributed by atoms with Crippen molar-refractivity contribution in [2.24, 2.45) is 0 Å². The van der Waals surface area contributed by atoms with Crippen LogP contribution in [-0.4, -0.2) is 46.4 Å². The van der Waals surface area contributed by atoms with E-state index in [4.69, 9.17) is 4.74 Å². The van der Waals surface area contributed by atoms with Gasteiger partial charge in [0.25, 0.3) is 5.91 Å². The van der Waals surface area contributed by atoms with Gasteiger partial charge in [0.2, 0.25) is 0 Å². The lowest BCUT2D eigenvalue weighted by Crippen LogP contribution is -2.26. The van der Waals surface area contributed by atoms with Crippen molar-refractivity contribution in [1.82, 2.24) is 15.5 Å². The van der Waals surface area contributed by atoms with E-state index in [1.165, 1.54) is 6.08 Å². The molecule has 1 aromatic carbocycles. The van der Waals surface area contributed by atoms with E-state index in [1.54, 1.807) is 18.2 Å². The fraction of sp³-hybridized carbons (Fsp3) is 0.333. The summed E-state index contributed by atoms with van der Waals surface area (Å²) in [5.41, 5.74) is 0.679. The maximum atomic E-state index is 12.2. The van der Waals surface area contributed by atoms with Crippen LogP contribution in [0.15, 0.2) is 23.8 Å². The highest BCUT2D eigenvalue weighted by Gasteiger charge is 2.16. The van der Waals surface area contributed by atoms with E-state index in [0.29, 0.717) is 36.0 Å². The second-order valence-electron chi connectivity index (χ2n) is 5.85. The van der Waals surface area contributed by atoms with Gasteiger partial charge < -0.3 is 15.2 Å². The Morgan fingerprint density at radius 1 is 1.46 bits per heavy atom. The molecule has 0 bridgehead atoms. The fourth-order valence-electron chi connectivity index (χ4n) is 2.37. The molecule has 1 amide bonds. The molecule has 8 nitrogen and oxygen atoms in total. The van der Waals surface area contributed by atoms with E-state index in [2.05, 4.69) is 15.5 Å². The molecule has 0 radical (unpaired) electrons. The zero-order valence-electron chi connectivity index (χ0n) is 14.6. The molecule has 8 heteroatoms. The summed E-state index contributed by atoms with van der Waals surface area (Å²) < 4.78 is 5.38. The molecule has 0 atom stereocenters. The number of nitrogens with one attached hydrogen (secondary N) is 2. The summed E-state index contributed by atoms with van der Waals surface area (Å²) in [5.74, 6) is -1.71. The lowest BCUT2D eigenvalue weighted by molar-refractivity contribution is -0.117. The van der Waals surface area contributed by atoms with Gasteiger partial charge in [0.15, 0.2) is 5.69 Å². The molecule has 0 unspecified atom stereocenters. The van der Waals surface area contributed by atoms with Gasteiger partial charge in [-0.15, -0.1) is 0 Å². The zero-order chi connectivity index (χ0) is 19.1. The van der Waals surface area contributed by atoms with Crippen molar-refractivity contribution in [3.05, 3.63) is 35.0 Å². The smallest absolute Gasteiger partial charge is 0.357 e. The largest absolute Gasteiger partial charge is 0.476 e. The van der Waals surface area contributed by atoms with Crippen LogP contribution in [0.4, 0.5) is 0 Å².